The zero-order valence-corrected chi connectivity index (χ0v) is 10.5. The minimum Gasteiger partial charge on any atom is -0.311 e. The molecule has 2 aromatic carbocycles. The van der Waals surface area contributed by atoms with E-state index in [0.717, 1.165) is 16.6 Å². The van der Waals surface area contributed by atoms with E-state index in [1.165, 1.54) is 0 Å². The Balaban J connectivity index is 1.95. The Hall–Kier alpha value is -2.62. The number of nitrogens with one attached hydrogen (secondary N) is 1. The van der Waals surface area contributed by atoms with Crippen LogP contribution in [0.15, 0.2) is 54.7 Å². The highest BCUT2D eigenvalue weighted by Gasteiger charge is 2.13. The Morgan fingerprint density at radius 3 is 2.74 bits per heavy atom. The molecule has 0 radical (unpaired) electrons. The van der Waals surface area contributed by atoms with Gasteiger partial charge in [0, 0.05) is 23.7 Å². The van der Waals surface area contributed by atoms with Crippen molar-refractivity contribution in [1.29, 1.82) is 0 Å². The van der Waals surface area contributed by atoms with Crippen LogP contribution in [-0.4, -0.2) is 23.2 Å². The summed E-state index contributed by atoms with van der Waals surface area (Å²) in [6.45, 7) is 0. The SMILES string of the molecule is CN(C(=O)c1ccc2[nH]ncc2c1)c1ccccc1. The zero-order chi connectivity index (χ0) is 13.2. The minimum absolute atomic E-state index is 0.0331. The second-order valence-corrected chi connectivity index (χ2v) is 4.37. The molecule has 0 fully saturated rings. The molecule has 19 heavy (non-hydrogen) atoms. The van der Waals surface area contributed by atoms with E-state index >= 15 is 0 Å². The van der Waals surface area contributed by atoms with Gasteiger partial charge in [-0.25, -0.2) is 0 Å². The topological polar surface area (TPSA) is 49.0 Å². The van der Waals surface area contributed by atoms with Crippen molar-refractivity contribution < 1.29 is 4.79 Å². The van der Waals surface area contributed by atoms with Gasteiger partial charge in [0.25, 0.3) is 5.91 Å². The smallest absolute Gasteiger partial charge is 0.258 e. The van der Waals surface area contributed by atoms with Gasteiger partial charge < -0.3 is 4.90 Å². The molecule has 0 atom stereocenters. The molecule has 0 saturated carbocycles. The number of carbonyl (C=O) groups is 1. The summed E-state index contributed by atoms with van der Waals surface area (Å²) in [6, 6.07) is 15.1. The zero-order valence-electron chi connectivity index (χ0n) is 10.5. The van der Waals surface area contributed by atoms with Crippen LogP contribution in [0.3, 0.4) is 0 Å². The summed E-state index contributed by atoms with van der Waals surface area (Å²) in [5.41, 5.74) is 2.46. The van der Waals surface area contributed by atoms with Gasteiger partial charge in [-0.3, -0.25) is 9.89 Å². The van der Waals surface area contributed by atoms with E-state index in [2.05, 4.69) is 10.2 Å². The third-order valence-corrected chi connectivity index (χ3v) is 3.14. The molecule has 0 bridgehead atoms. The quantitative estimate of drug-likeness (QED) is 0.761. The van der Waals surface area contributed by atoms with Gasteiger partial charge in [0.2, 0.25) is 0 Å². The van der Waals surface area contributed by atoms with Crippen molar-refractivity contribution in [2.24, 2.45) is 0 Å². The molecule has 0 aliphatic heterocycles. The van der Waals surface area contributed by atoms with Crippen molar-refractivity contribution in [3.63, 3.8) is 0 Å². The number of nitrogens with zero attached hydrogens (tertiary/aromatic N) is 2. The molecule has 1 heterocycles. The van der Waals surface area contributed by atoms with Crippen LogP contribution < -0.4 is 4.90 Å². The average Bonchev–Trinajstić information content (AvgIpc) is 2.94. The third-order valence-electron chi connectivity index (χ3n) is 3.14. The van der Waals surface area contributed by atoms with Crippen molar-refractivity contribution in [2.75, 3.05) is 11.9 Å². The Bertz CT molecular complexity index is 718. The van der Waals surface area contributed by atoms with Crippen LogP contribution in [0, 0.1) is 0 Å². The van der Waals surface area contributed by atoms with Crippen LogP contribution in [0.25, 0.3) is 10.9 Å². The van der Waals surface area contributed by atoms with Crippen LogP contribution in [0.4, 0.5) is 5.69 Å². The molecule has 0 unspecified atom stereocenters. The molecule has 0 aliphatic rings. The fourth-order valence-corrected chi connectivity index (χ4v) is 2.04. The van der Waals surface area contributed by atoms with E-state index in [9.17, 15) is 4.79 Å². The van der Waals surface area contributed by atoms with Crippen molar-refractivity contribution in [1.82, 2.24) is 10.2 Å². The van der Waals surface area contributed by atoms with Gasteiger partial charge in [0.1, 0.15) is 0 Å². The first-order chi connectivity index (χ1) is 9.25. The van der Waals surface area contributed by atoms with E-state index < -0.39 is 0 Å². The fourth-order valence-electron chi connectivity index (χ4n) is 2.04. The van der Waals surface area contributed by atoms with Gasteiger partial charge in [0.05, 0.1) is 11.7 Å². The molecule has 3 rings (SSSR count). The van der Waals surface area contributed by atoms with Gasteiger partial charge in [-0.05, 0) is 30.3 Å². The van der Waals surface area contributed by atoms with Gasteiger partial charge >= 0.3 is 0 Å². The van der Waals surface area contributed by atoms with Crippen molar-refractivity contribution in [2.45, 2.75) is 0 Å². The number of amides is 1. The summed E-state index contributed by atoms with van der Waals surface area (Å²) in [5.74, 6) is -0.0331. The second-order valence-electron chi connectivity index (χ2n) is 4.37. The highest BCUT2D eigenvalue weighted by molar-refractivity contribution is 6.07. The first-order valence-electron chi connectivity index (χ1n) is 6.02. The third kappa shape index (κ3) is 2.08. The number of hydrogen-bond acceptors (Lipinski definition) is 2. The number of hydrogen-bond donors (Lipinski definition) is 1. The molecule has 1 aromatic heterocycles. The van der Waals surface area contributed by atoms with E-state index in [0.29, 0.717) is 5.56 Å². The summed E-state index contributed by atoms with van der Waals surface area (Å²) < 4.78 is 0. The Kier molecular flexibility index (Phi) is 2.76. The monoisotopic (exact) mass is 251 g/mol. The highest BCUT2D eigenvalue weighted by Crippen LogP contribution is 2.18. The summed E-state index contributed by atoms with van der Waals surface area (Å²) in [7, 11) is 1.78. The molecule has 0 spiro atoms. The maximum Gasteiger partial charge on any atom is 0.258 e. The fraction of sp³-hybridized carbons (Fsp3) is 0.0667. The van der Waals surface area contributed by atoms with Gasteiger partial charge in [0.15, 0.2) is 0 Å². The number of benzene rings is 2. The summed E-state index contributed by atoms with van der Waals surface area (Å²) in [4.78, 5) is 14.0. The van der Waals surface area contributed by atoms with E-state index in [-0.39, 0.29) is 5.91 Å². The Morgan fingerprint density at radius 2 is 1.95 bits per heavy atom. The summed E-state index contributed by atoms with van der Waals surface area (Å²) in [6.07, 6.45) is 1.72. The van der Waals surface area contributed by atoms with Crippen LogP contribution in [0.2, 0.25) is 0 Å². The van der Waals surface area contributed by atoms with Crippen molar-refractivity contribution >= 4 is 22.5 Å². The van der Waals surface area contributed by atoms with Crippen molar-refractivity contribution in [3.8, 4) is 0 Å². The normalized spacial score (nSPS) is 10.6. The van der Waals surface area contributed by atoms with Crippen LogP contribution in [-0.2, 0) is 0 Å². The first kappa shape index (κ1) is 11.5. The predicted octanol–water partition coefficient (Wildman–Crippen LogP) is 2.84. The molecule has 1 N–H and O–H groups in total. The van der Waals surface area contributed by atoms with Crippen LogP contribution in [0.5, 0.6) is 0 Å². The highest BCUT2D eigenvalue weighted by atomic mass is 16.2. The second kappa shape index (κ2) is 4.57. The molecule has 94 valence electrons. The molecular formula is C15H13N3O. The van der Waals surface area contributed by atoms with Crippen molar-refractivity contribution in [3.05, 3.63) is 60.3 Å². The number of aromatic nitrogens is 2. The standard InChI is InChI=1S/C15H13N3O/c1-18(13-5-3-2-4-6-13)15(19)11-7-8-14-12(9-11)10-16-17-14/h2-10H,1H3,(H,16,17). The van der Waals surface area contributed by atoms with Crippen LogP contribution in [0.1, 0.15) is 10.4 Å². The molecule has 4 heteroatoms. The molecule has 0 aliphatic carbocycles. The van der Waals surface area contributed by atoms with Gasteiger partial charge in [-0.1, -0.05) is 18.2 Å². The molecule has 1 amide bonds. The summed E-state index contributed by atoms with van der Waals surface area (Å²) in [5, 5.41) is 7.76. The minimum atomic E-state index is -0.0331. The van der Waals surface area contributed by atoms with E-state index in [4.69, 9.17) is 0 Å². The molecule has 4 nitrogen and oxygen atoms in total. The number of anilines is 1. The number of fused-ring (bicyclic) bond motifs is 1. The lowest BCUT2D eigenvalue weighted by Gasteiger charge is -2.17. The largest absolute Gasteiger partial charge is 0.311 e. The summed E-state index contributed by atoms with van der Waals surface area (Å²) >= 11 is 0. The number of carbonyl (C=O) groups excluding carboxylic acids is 1. The Morgan fingerprint density at radius 1 is 1.16 bits per heavy atom. The van der Waals surface area contributed by atoms with E-state index in [1.54, 1.807) is 18.1 Å². The predicted molar refractivity (Wildman–Crippen MR) is 75.3 cm³/mol. The lowest BCUT2D eigenvalue weighted by Crippen LogP contribution is -2.25. The lowest BCUT2D eigenvalue weighted by molar-refractivity contribution is 0.0993. The van der Waals surface area contributed by atoms with Crippen LogP contribution >= 0.6 is 0 Å². The number of rotatable bonds is 2. The maximum absolute atomic E-state index is 12.4. The average molecular weight is 251 g/mol. The Labute approximate surface area is 110 Å². The molecule has 3 aromatic rings. The molecule has 0 saturated heterocycles. The van der Waals surface area contributed by atoms with Gasteiger partial charge in [-0.15, -0.1) is 0 Å². The number of H-pyrrole nitrogens is 1. The van der Waals surface area contributed by atoms with Gasteiger partial charge in [-0.2, -0.15) is 5.10 Å². The van der Waals surface area contributed by atoms with E-state index in [1.807, 2.05) is 48.5 Å². The first-order valence-corrected chi connectivity index (χ1v) is 6.02. The maximum atomic E-state index is 12.4. The lowest BCUT2D eigenvalue weighted by atomic mass is 10.1. The number of aromatic amines is 1. The number of para-hydroxylation sites is 1. The molecular weight excluding hydrogens is 238 g/mol.